The van der Waals surface area contributed by atoms with Gasteiger partial charge >= 0.3 is 6.09 Å². The highest BCUT2D eigenvalue weighted by Gasteiger charge is 2.46. The molecule has 370 valence electrons. The number of aromatic nitrogens is 4. The zero-order valence-electron chi connectivity index (χ0n) is 40.0. The van der Waals surface area contributed by atoms with Crippen molar-refractivity contribution in [2.24, 2.45) is 11.8 Å². The molecule has 18 heteroatoms. The van der Waals surface area contributed by atoms with Crippen LogP contribution in [0.25, 0.3) is 0 Å². The Morgan fingerprint density at radius 1 is 0.853 bits per heavy atom. The van der Waals surface area contributed by atoms with Crippen LogP contribution < -0.4 is 21.3 Å². The van der Waals surface area contributed by atoms with Gasteiger partial charge in [0.2, 0.25) is 29.4 Å². The van der Waals surface area contributed by atoms with Gasteiger partial charge in [0.05, 0.1) is 18.1 Å². The summed E-state index contributed by atoms with van der Waals surface area (Å²) in [4.78, 5) is 98.9. The van der Waals surface area contributed by atoms with Crippen molar-refractivity contribution in [3.63, 3.8) is 0 Å². The zero-order valence-corrected chi connectivity index (χ0v) is 40.0. The summed E-state index contributed by atoms with van der Waals surface area (Å²) in [5.41, 5.74) is 2.72. The number of benzene rings is 2. The van der Waals surface area contributed by atoms with Crippen molar-refractivity contribution >= 4 is 41.4 Å². The molecule has 0 spiro atoms. The van der Waals surface area contributed by atoms with Crippen molar-refractivity contribution in [3.05, 3.63) is 77.1 Å². The van der Waals surface area contributed by atoms with E-state index < -0.39 is 77.2 Å². The number of hydrogen-bond acceptors (Lipinski definition) is 11. The minimum atomic E-state index is -1.20. The molecule has 2 aliphatic heterocycles. The van der Waals surface area contributed by atoms with Crippen molar-refractivity contribution in [1.82, 2.24) is 51.3 Å². The van der Waals surface area contributed by atoms with Gasteiger partial charge in [-0.05, 0) is 91.3 Å². The maximum atomic E-state index is 14.7. The van der Waals surface area contributed by atoms with Gasteiger partial charge in [-0.15, -0.1) is 5.10 Å². The third kappa shape index (κ3) is 13.3. The molecule has 2 aromatic carbocycles. The molecule has 6 rings (SSSR count). The van der Waals surface area contributed by atoms with Crippen LogP contribution in [0.4, 0.5) is 4.79 Å². The van der Waals surface area contributed by atoms with E-state index in [-0.39, 0.29) is 51.1 Å². The molecule has 3 aliphatic rings. The molecule has 3 heterocycles. The molecule has 0 radical (unpaired) electrons. The van der Waals surface area contributed by atoms with Crippen molar-refractivity contribution in [1.29, 1.82) is 0 Å². The summed E-state index contributed by atoms with van der Waals surface area (Å²) in [6.07, 6.45) is 3.16. The number of aryl methyl sites for hydroxylation is 1. The Morgan fingerprint density at radius 3 is 2.19 bits per heavy atom. The molecule has 2 fully saturated rings. The van der Waals surface area contributed by atoms with Gasteiger partial charge in [0.15, 0.2) is 5.82 Å². The Labute approximate surface area is 400 Å². The van der Waals surface area contributed by atoms with Crippen LogP contribution in [0.2, 0.25) is 0 Å². The lowest BCUT2D eigenvalue weighted by Crippen LogP contribution is -2.59. The number of fused-ring (bicyclic) bond motifs is 1. The van der Waals surface area contributed by atoms with Gasteiger partial charge in [0.1, 0.15) is 24.2 Å². The highest BCUT2D eigenvalue weighted by molar-refractivity contribution is 6.38. The normalized spacial score (nSPS) is 18.1. The van der Waals surface area contributed by atoms with E-state index in [0.717, 1.165) is 29.5 Å². The number of ether oxygens (including phenoxy) is 1. The van der Waals surface area contributed by atoms with Gasteiger partial charge in [-0.2, -0.15) is 0 Å². The Hall–Kier alpha value is -6.20. The van der Waals surface area contributed by atoms with Crippen molar-refractivity contribution in [3.8, 4) is 0 Å². The van der Waals surface area contributed by atoms with E-state index in [1.54, 1.807) is 37.3 Å². The fourth-order valence-electron chi connectivity index (χ4n) is 8.76. The number of hydrogen-bond donors (Lipinski definition) is 4. The lowest BCUT2D eigenvalue weighted by molar-refractivity contribution is -0.144. The van der Waals surface area contributed by atoms with E-state index in [1.165, 1.54) is 4.90 Å². The number of unbranched alkanes of at least 4 members (excludes halogenated alkanes) is 1. The van der Waals surface area contributed by atoms with Crippen molar-refractivity contribution in [2.75, 3.05) is 13.1 Å². The highest BCUT2D eigenvalue weighted by atomic mass is 16.6. The lowest BCUT2D eigenvalue weighted by atomic mass is 9.94. The number of nitrogens with zero attached hydrogens (tertiary/aromatic N) is 6. The second-order valence-corrected chi connectivity index (χ2v) is 19.3. The monoisotopic (exact) mass is 941 g/mol. The van der Waals surface area contributed by atoms with Crippen LogP contribution in [0.5, 0.6) is 0 Å². The Kier molecular flexibility index (Phi) is 18.4. The number of carbonyl (C=O) groups excluding carboxylic acids is 7. The third-order valence-corrected chi connectivity index (χ3v) is 12.9. The van der Waals surface area contributed by atoms with E-state index in [2.05, 4.69) is 36.8 Å². The summed E-state index contributed by atoms with van der Waals surface area (Å²) in [5.74, 6) is -3.84. The molecule has 1 aromatic heterocycles. The number of tetrazole rings is 1. The fourth-order valence-corrected chi connectivity index (χ4v) is 8.76. The molecule has 1 saturated heterocycles. The van der Waals surface area contributed by atoms with E-state index in [1.807, 2.05) is 75.4 Å². The molecule has 3 aromatic rings. The Morgan fingerprint density at radius 2 is 1.53 bits per heavy atom. The first kappa shape index (κ1) is 52.8. The molecule has 5 atom stereocenters. The second-order valence-electron chi connectivity index (χ2n) is 19.3. The largest absolute Gasteiger partial charge is 0.444 e. The van der Waals surface area contributed by atoms with Crippen LogP contribution in [0.15, 0.2) is 54.6 Å². The lowest BCUT2D eigenvalue weighted by Gasteiger charge is -2.32. The molecule has 3 unspecified atom stereocenters. The maximum Gasteiger partial charge on any atom is 0.410 e. The molecule has 1 saturated carbocycles. The van der Waals surface area contributed by atoms with Gasteiger partial charge in [0, 0.05) is 38.4 Å². The number of amides is 6. The predicted molar refractivity (Wildman–Crippen MR) is 254 cm³/mol. The van der Waals surface area contributed by atoms with Gasteiger partial charge in [0.25, 0.3) is 5.91 Å². The van der Waals surface area contributed by atoms with Crippen molar-refractivity contribution < 1.29 is 38.3 Å². The number of likely N-dealkylation sites (tertiary alicyclic amines) is 1. The standard InChI is InChI=1S/C49H68N10O8.CH4/c1-8-16-37(43(61)46(64)50-35-23-24-35)51-44(62)38-27-36(67-48(66)57-26-25-32-17-12-13-18-33(32)28-57)29-58(38)47(65)42(31(4)5)53-45(63)41(30(2)3)52-40(60)22-15-14-21-39-54-55-56-59(39)49(6,7)34-19-10-9-11-20-34;/h9-13,17-20,30-31,35-38,41-42H,8,14-16,21-29H2,1-7H3,(H,50,64)(H,51,62)(H,52,60)(H,53,63);1H4/t36?,37?,38-,41-,42?;/m0./s1. The summed E-state index contributed by atoms with van der Waals surface area (Å²) in [6.45, 7) is 13.7. The van der Waals surface area contributed by atoms with Gasteiger partial charge in [-0.25, -0.2) is 9.48 Å². The maximum absolute atomic E-state index is 14.7. The van der Waals surface area contributed by atoms with Gasteiger partial charge in [-0.3, -0.25) is 28.8 Å². The topological polar surface area (TPSA) is 227 Å². The molecule has 6 amide bonds. The first-order chi connectivity index (χ1) is 32.0. The summed E-state index contributed by atoms with van der Waals surface area (Å²) < 4.78 is 7.79. The first-order valence-electron chi connectivity index (χ1n) is 23.9. The summed E-state index contributed by atoms with van der Waals surface area (Å²) in [6, 6.07) is 13.3. The number of nitrogens with one attached hydrogen (secondary N) is 4. The minimum Gasteiger partial charge on any atom is -0.444 e. The number of rotatable bonds is 21. The van der Waals surface area contributed by atoms with E-state index >= 15 is 0 Å². The Balaban J connectivity index is 0.00000864. The summed E-state index contributed by atoms with van der Waals surface area (Å²) in [7, 11) is 0. The molecule has 18 nitrogen and oxygen atoms in total. The smallest absolute Gasteiger partial charge is 0.410 e. The predicted octanol–water partition coefficient (Wildman–Crippen LogP) is 4.38. The highest BCUT2D eigenvalue weighted by Crippen LogP contribution is 2.28. The van der Waals surface area contributed by atoms with Crippen molar-refractivity contribution in [2.45, 2.75) is 168 Å². The number of carbonyl (C=O) groups is 7. The van der Waals surface area contributed by atoms with Crippen LogP contribution >= 0.6 is 0 Å². The molecule has 0 bridgehead atoms. The Bertz CT molecular complexity index is 2240. The molecule has 1 aliphatic carbocycles. The molecule has 4 N–H and O–H groups in total. The zero-order chi connectivity index (χ0) is 48.4. The van der Waals surface area contributed by atoms with Gasteiger partial charge < -0.3 is 35.8 Å². The average Bonchev–Trinajstić information content (AvgIpc) is 3.81. The molecular weight excluding hydrogens is 869 g/mol. The summed E-state index contributed by atoms with van der Waals surface area (Å²) >= 11 is 0. The molecule has 68 heavy (non-hydrogen) atoms. The third-order valence-electron chi connectivity index (χ3n) is 12.9. The molecular formula is C50H72N10O8. The SMILES string of the molecule is C.CCCC(NC(=O)[C@@H]1CC(OC(=O)N2CCc3ccccc3C2)CN1C(=O)C(NC(=O)[C@@H](NC(=O)CCCCc1nnnn1C(C)(C)c1ccccc1)C(C)C)C(C)C)C(=O)C(=O)NC1CC1. The first-order valence-corrected chi connectivity index (χ1v) is 23.9. The van der Waals surface area contributed by atoms with Crippen LogP contribution in [0, 0.1) is 11.8 Å². The van der Waals surface area contributed by atoms with E-state index in [0.29, 0.717) is 51.0 Å². The fraction of sp³-hybridized carbons (Fsp3) is 0.600. The van der Waals surface area contributed by atoms with E-state index in [4.69, 9.17) is 4.74 Å². The summed E-state index contributed by atoms with van der Waals surface area (Å²) in [5, 5.41) is 23.6. The minimum absolute atomic E-state index is 0. The van der Waals surface area contributed by atoms with Crippen LogP contribution in [0.1, 0.15) is 130 Å². The quantitative estimate of drug-likeness (QED) is 0.0866. The van der Waals surface area contributed by atoms with Crippen LogP contribution in [0.3, 0.4) is 0 Å². The second kappa shape index (κ2) is 23.7. The average molecular weight is 941 g/mol. The number of Topliss-reactive ketones (excluding diaryl/α,β-unsaturated/α-hetero) is 1. The van der Waals surface area contributed by atoms with Crippen LogP contribution in [-0.2, 0) is 58.4 Å². The van der Waals surface area contributed by atoms with E-state index in [9.17, 15) is 33.6 Å². The van der Waals surface area contributed by atoms with Gasteiger partial charge in [-0.1, -0.05) is 103 Å². The number of ketones is 1. The van der Waals surface area contributed by atoms with Crippen LogP contribution in [-0.4, -0.2) is 121 Å².